The molecule has 3 aromatic carbocycles. The smallest absolute Gasteiger partial charge is 0.261 e. The fourth-order valence-corrected chi connectivity index (χ4v) is 3.92. The van der Waals surface area contributed by atoms with Crippen molar-refractivity contribution in [3.63, 3.8) is 0 Å². The first-order chi connectivity index (χ1) is 14.8. The Morgan fingerprint density at radius 2 is 1.68 bits per heavy atom. The van der Waals surface area contributed by atoms with Gasteiger partial charge in [0.15, 0.2) is 6.10 Å². The molecule has 4 heteroatoms. The molecule has 0 aliphatic carbocycles. The van der Waals surface area contributed by atoms with Gasteiger partial charge in [-0.3, -0.25) is 4.79 Å². The lowest BCUT2D eigenvalue weighted by molar-refractivity contribution is -0.128. The molecule has 0 aliphatic heterocycles. The minimum Gasteiger partial charge on any atom is -0.496 e. The van der Waals surface area contributed by atoms with E-state index in [9.17, 15) is 4.79 Å². The van der Waals surface area contributed by atoms with Crippen molar-refractivity contribution in [3.05, 3.63) is 71.3 Å². The second-order valence-electron chi connectivity index (χ2n) is 8.36. The van der Waals surface area contributed by atoms with Gasteiger partial charge in [-0.15, -0.1) is 0 Å². The Hall–Kier alpha value is -3.01. The van der Waals surface area contributed by atoms with Crippen molar-refractivity contribution in [3.8, 4) is 11.5 Å². The van der Waals surface area contributed by atoms with Crippen molar-refractivity contribution >= 4 is 16.7 Å². The summed E-state index contributed by atoms with van der Waals surface area (Å²) in [6.45, 7) is 10.3. The van der Waals surface area contributed by atoms with Crippen molar-refractivity contribution in [1.82, 2.24) is 5.32 Å². The lowest BCUT2D eigenvalue weighted by Crippen LogP contribution is -2.39. The number of fused-ring (bicyclic) bond motifs is 1. The number of benzene rings is 3. The summed E-state index contributed by atoms with van der Waals surface area (Å²) in [7, 11) is 1.70. The van der Waals surface area contributed by atoms with E-state index in [0.29, 0.717) is 18.1 Å². The number of aryl methyl sites for hydroxylation is 1. The van der Waals surface area contributed by atoms with Crippen LogP contribution in [0.4, 0.5) is 0 Å². The molecule has 31 heavy (non-hydrogen) atoms. The molecule has 0 bridgehead atoms. The Labute approximate surface area is 185 Å². The first-order valence-corrected chi connectivity index (χ1v) is 11.0. The van der Waals surface area contributed by atoms with Gasteiger partial charge in [0.1, 0.15) is 11.5 Å². The van der Waals surface area contributed by atoms with Crippen LogP contribution in [-0.4, -0.2) is 19.1 Å². The molecule has 1 N–H and O–H groups in total. The summed E-state index contributed by atoms with van der Waals surface area (Å²) in [5.74, 6) is 1.82. The highest BCUT2D eigenvalue weighted by Gasteiger charge is 2.22. The number of rotatable bonds is 8. The zero-order valence-corrected chi connectivity index (χ0v) is 19.4. The van der Waals surface area contributed by atoms with Crippen LogP contribution >= 0.6 is 0 Å². The Kier molecular flexibility index (Phi) is 7.21. The standard InChI is InChI=1S/C27H33NO3/c1-7-25(31-22-13-12-20-10-8-9-11-21(20)15-22)27(29)28-19(5)24-16-23(17(2)3)26(30-6)14-18(24)4/h8-17,19,25H,7H2,1-6H3,(H,28,29)/t19-,25+/m1/s1. The minimum absolute atomic E-state index is 0.107. The number of amides is 1. The van der Waals surface area contributed by atoms with Crippen LogP contribution < -0.4 is 14.8 Å². The zero-order valence-electron chi connectivity index (χ0n) is 19.4. The van der Waals surface area contributed by atoms with E-state index in [4.69, 9.17) is 9.47 Å². The molecule has 0 aliphatic rings. The van der Waals surface area contributed by atoms with Crippen molar-refractivity contribution in [1.29, 1.82) is 0 Å². The van der Waals surface area contributed by atoms with Crippen LogP contribution in [0, 0.1) is 6.92 Å². The molecular weight excluding hydrogens is 386 g/mol. The Morgan fingerprint density at radius 3 is 2.32 bits per heavy atom. The van der Waals surface area contributed by atoms with Gasteiger partial charge in [-0.05, 0) is 77.9 Å². The predicted molar refractivity (Wildman–Crippen MR) is 127 cm³/mol. The van der Waals surface area contributed by atoms with E-state index in [2.05, 4.69) is 37.4 Å². The number of hydrogen-bond donors (Lipinski definition) is 1. The van der Waals surface area contributed by atoms with Crippen molar-refractivity contribution < 1.29 is 14.3 Å². The van der Waals surface area contributed by atoms with Crippen LogP contribution in [0.5, 0.6) is 11.5 Å². The van der Waals surface area contributed by atoms with Gasteiger partial charge in [-0.25, -0.2) is 0 Å². The molecule has 164 valence electrons. The van der Waals surface area contributed by atoms with Gasteiger partial charge in [0.2, 0.25) is 0 Å². The van der Waals surface area contributed by atoms with Crippen LogP contribution in [0.15, 0.2) is 54.6 Å². The maximum absolute atomic E-state index is 13.0. The fourth-order valence-electron chi connectivity index (χ4n) is 3.92. The highest BCUT2D eigenvalue weighted by Crippen LogP contribution is 2.32. The summed E-state index contributed by atoms with van der Waals surface area (Å²) < 4.78 is 11.6. The van der Waals surface area contributed by atoms with Gasteiger partial charge in [0.25, 0.3) is 5.91 Å². The molecule has 1 amide bonds. The predicted octanol–water partition coefficient (Wildman–Crippen LogP) is 6.32. The second-order valence-corrected chi connectivity index (χ2v) is 8.36. The van der Waals surface area contributed by atoms with E-state index >= 15 is 0 Å². The van der Waals surface area contributed by atoms with Crippen LogP contribution in [-0.2, 0) is 4.79 Å². The molecule has 0 radical (unpaired) electrons. The maximum Gasteiger partial charge on any atom is 0.261 e. The van der Waals surface area contributed by atoms with Crippen molar-refractivity contribution in [2.24, 2.45) is 0 Å². The van der Waals surface area contributed by atoms with Gasteiger partial charge in [0, 0.05) is 0 Å². The van der Waals surface area contributed by atoms with Crippen LogP contribution in [0.25, 0.3) is 10.8 Å². The van der Waals surface area contributed by atoms with Crippen molar-refractivity contribution in [2.45, 2.75) is 59.1 Å². The summed E-state index contributed by atoms with van der Waals surface area (Å²) in [5, 5.41) is 5.39. The normalized spacial score (nSPS) is 13.1. The molecule has 0 spiro atoms. The summed E-state index contributed by atoms with van der Waals surface area (Å²) in [5.41, 5.74) is 3.33. The quantitative estimate of drug-likeness (QED) is 0.465. The van der Waals surface area contributed by atoms with E-state index in [1.165, 1.54) is 0 Å². The first-order valence-electron chi connectivity index (χ1n) is 11.0. The molecular formula is C27H33NO3. The Bertz CT molecular complexity index is 1060. The van der Waals surface area contributed by atoms with Crippen LogP contribution in [0.1, 0.15) is 62.8 Å². The average Bonchev–Trinajstić information content (AvgIpc) is 2.76. The molecule has 4 nitrogen and oxygen atoms in total. The monoisotopic (exact) mass is 419 g/mol. The first kappa shape index (κ1) is 22.7. The van der Waals surface area contributed by atoms with Crippen LogP contribution in [0.2, 0.25) is 0 Å². The fraction of sp³-hybridized carbons (Fsp3) is 0.370. The summed E-state index contributed by atoms with van der Waals surface area (Å²) in [6.07, 6.45) is 0.0382. The average molecular weight is 420 g/mol. The summed E-state index contributed by atoms with van der Waals surface area (Å²) in [6, 6.07) is 18.1. The minimum atomic E-state index is -0.549. The van der Waals surface area contributed by atoms with E-state index in [1.54, 1.807) is 7.11 Å². The Morgan fingerprint density at radius 1 is 0.968 bits per heavy atom. The highest BCUT2D eigenvalue weighted by atomic mass is 16.5. The molecule has 3 rings (SSSR count). The lowest BCUT2D eigenvalue weighted by atomic mass is 9.93. The largest absolute Gasteiger partial charge is 0.496 e. The van der Waals surface area contributed by atoms with Crippen LogP contribution in [0.3, 0.4) is 0 Å². The number of carbonyl (C=O) groups excluding carboxylic acids is 1. The lowest BCUT2D eigenvalue weighted by Gasteiger charge is -2.23. The SMILES string of the molecule is CC[C@H](Oc1ccc2ccccc2c1)C(=O)N[C@H](C)c1cc(C(C)C)c(OC)cc1C. The van der Waals surface area contributed by atoms with Gasteiger partial charge in [0.05, 0.1) is 13.2 Å². The van der Waals surface area contributed by atoms with Crippen molar-refractivity contribution in [2.75, 3.05) is 7.11 Å². The summed E-state index contributed by atoms with van der Waals surface area (Å²) in [4.78, 5) is 13.0. The topological polar surface area (TPSA) is 47.6 Å². The number of nitrogens with one attached hydrogen (secondary N) is 1. The second kappa shape index (κ2) is 9.86. The Balaban J connectivity index is 1.76. The number of ether oxygens (including phenoxy) is 2. The van der Waals surface area contributed by atoms with Gasteiger partial charge < -0.3 is 14.8 Å². The molecule has 0 unspecified atom stereocenters. The number of hydrogen-bond acceptors (Lipinski definition) is 3. The molecule has 2 atom stereocenters. The van der Waals surface area contributed by atoms with E-state index in [0.717, 1.165) is 33.2 Å². The van der Waals surface area contributed by atoms with Gasteiger partial charge >= 0.3 is 0 Å². The van der Waals surface area contributed by atoms with Gasteiger partial charge in [-0.2, -0.15) is 0 Å². The molecule has 0 aromatic heterocycles. The third-order valence-corrected chi connectivity index (χ3v) is 5.73. The maximum atomic E-state index is 13.0. The van der Waals surface area contributed by atoms with E-state index in [1.807, 2.05) is 57.2 Å². The third-order valence-electron chi connectivity index (χ3n) is 5.73. The molecule has 0 saturated heterocycles. The molecule has 0 saturated carbocycles. The molecule has 0 heterocycles. The number of methoxy groups -OCH3 is 1. The van der Waals surface area contributed by atoms with E-state index in [-0.39, 0.29) is 11.9 Å². The zero-order chi connectivity index (χ0) is 22.5. The van der Waals surface area contributed by atoms with E-state index < -0.39 is 6.10 Å². The third kappa shape index (κ3) is 5.19. The number of carbonyl (C=O) groups is 1. The molecule has 3 aromatic rings. The summed E-state index contributed by atoms with van der Waals surface area (Å²) >= 11 is 0. The van der Waals surface area contributed by atoms with Gasteiger partial charge in [-0.1, -0.05) is 51.1 Å². The highest BCUT2D eigenvalue weighted by molar-refractivity contribution is 5.84. The molecule has 0 fully saturated rings.